The minimum Gasteiger partial charge on any atom is -0.462 e. The number of ether oxygens (including phenoxy) is 5. The number of carbonyl (C=O) groups excluding carboxylic acids is 3. The molecule has 16 nitrogen and oxygen atoms in total. The van der Waals surface area contributed by atoms with E-state index in [-0.39, 0.29) is 29.8 Å². The second-order valence-corrected chi connectivity index (χ2v) is 15.1. The average molecular weight is 834 g/mol. The van der Waals surface area contributed by atoms with Gasteiger partial charge in [0.15, 0.2) is 12.4 Å². The number of hydrogen-bond acceptors (Lipinski definition) is 14. The fourth-order valence-corrected chi connectivity index (χ4v) is 7.23. The summed E-state index contributed by atoms with van der Waals surface area (Å²) in [4.78, 5) is 40.4. The van der Waals surface area contributed by atoms with Crippen LogP contribution in [0.3, 0.4) is 0 Å². The van der Waals surface area contributed by atoms with Crippen molar-refractivity contribution in [2.24, 2.45) is 0 Å². The number of aliphatic hydroxyl groups excluding tert-OH is 5. The van der Waals surface area contributed by atoms with E-state index in [1.165, 1.54) is 6.92 Å². The van der Waals surface area contributed by atoms with Crippen molar-refractivity contribution < 1.29 is 63.6 Å². The Balaban J connectivity index is 1.07. The van der Waals surface area contributed by atoms with Gasteiger partial charge in [-0.15, -0.1) is 0 Å². The molecule has 0 spiro atoms. The predicted octanol–water partition coefficient (Wildman–Crippen LogP) is 1.44. The van der Waals surface area contributed by atoms with E-state index in [1.54, 1.807) is 66.7 Å². The summed E-state index contributed by atoms with van der Waals surface area (Å²) in [7, 11) is 0. The van der Waals surface area contributed by atoms with Crippen molar-refractivity contribution >= 4 is 23.9 Å². The Hall–Kier alpha value is -4.75. The van der Waals surface area contributed by atoms with Crippen LogP contribution in [-0.4, -0.2) is 142 Å². The Morgan fingerprint density at radius 2 is 1.48 bits per heavy atom. The number of aliphatic hydroxyl groups is 5. The van der Waals surface area contributed by atoms with Crippen molar-refractivity contribution in [3.63, 3.8) is 0 Å². The molecule has 3 heterocycles. The van der Waals surface area contributed by atoms with Gasteiger partial charge in [-0.3, -0.25) is 9.59 Å². The first-order valence-electron chi connectivity index (χ1n) is 20.4. The molecule has 3 aliphatic rings. The van der Waals surface area contributed by atoms with Gasteiger partial charge in [-0.25, -0.2) is 4.79 Å². The summed E-state index contributed by atoms with van der Waals surface area (Å²) >= 11 is 0. The minimum atomic E-state index is -1.81. The lowest BCUT2D eigenvalue weighted by atomic mass is 9.97. The van der Waals surface area contributed by atoms with Gasteiger partial charge >= 0.3 is 5.97 Å². The molecule has 0 saturated carbocycles. The molecular weight excluding hydrogens is 778 g/mol. The number of amides is 2. The third-order valence-corrected chi connectivity index (χ3v) is 10.8. The fourth-order valence-electron chi connectivity index (χ4n) is 7.23. The minimum absolute atomic E-state index is 0.0731. The van der Waals surface area contributed by atoms with E-state index < -0.39 is 74.0 Å². The molecule has 3 saturated heterocycles. The quantitative estimate of drug-likeness (QED) is 0.114. The highest BCUT2D eigenvalue weighted by Crippen LogP contribution is 2.31. The lowest BCUT2D eigenvalue weighted by molar-refractivity contribution is -0.355. The first-order chi connectivity index (χ1) is 29.0. The third-order valence-electron chi connectivity index (χ3n) is 10.8. The number of benzene rings is 3. The average Bonchev–Trinajstić information content (AvgIpc) is 3.28. The summed E-state index contributed by atoms with van der Waals surface area (Å²) in [5, 5.41) is 60.4. The van der Waals surface area contributed by atoms with Crippen LogP contribution < -0.4 is 15.4 Å². The molecule has 3 aromatic carbocycles. The van der Waals surface area contributed by atoms with E-state index in [0.717, 1.165) is 24.0 Å². The van der Waals surface area contributed by atoms with Crippen LogP contribution in [0.15, 0.2) is 91.0 Å². The van der Waals surface area contributed by atoms with E-state index in [2.05, 4.69) is 10.6 Å². The lowest BCUT2D eigenvalue weighted by Gasteiger charge is -2.45. The van der Waals surface area contributed by atoms with E-state index in [1.807, 2.05) is 35.2 Å². The smallest absolute Gasteiger partial charge is 0.338 e. The van der Waals surface area contributed by atoms with Crippen LogP contribution in [0.2, 0.25) is 0 Å². The van der Waals surface area contributed by atoms with Gasteiger partial charge in [0.1, 0.15) is 49.0 Å². The normalized spacial score (nSPS) is 30.9. The van der Waals surface area contributed by atoms with Crippen LogP contribution in [-0.2, 0) is 28.5 Å². The van der Waals surface area contributed by atoms with Gasteiger partial charge in [0.25, 0.3) is 0 Å². The summed E-state index contributed by atoms with van der Waals surface area (Å²) in [6.45, 7) is 3.16. The van der Waals surface area contributed by atoms with Crippen molar-refractivity contribution in [1.82, 2.24) is 15.5 Å². The standard InChI is InChI=1S/C44H55N3O13/c1-27-36(50)39(53)41(60-43-40(54)38(52)37(51)33(59-43)26-56-42(55)30-13-6-3-7-14-30)44(57-27)58-31-18-16-29(17-19-31)32-25-34(48)46-22-10-24-47(23-9-8-21-45-32)35(49)20-15-28-11-4-2-5-12-28/h2-7,11-20,27,32-33,36-41,43-45,50-54H,8-10,21-26H2,1H3,(H,46,48)/b20-15+/t27-,32-,33+,36-,37+,38-,39+,40+,41+,43-,44-/m0/s1. The SMILES string of the molecule is C[C@@H]1O[C@@H](Oc2ccc([C@@H]3CC(=O)NCCCN(C(=O)/C=C/c4ccccc4)CCCCN3)cc2)[C@H](O[C@@H]2O[C@H](COC(=O)c3ccccc3)[C@@H](O)[C@H](O)[C@H]2O)[C@H](O)[C@H]1O. The Bertz CT molecular complexity index is 1850. The van der Waals surface area contributed by atoms with Crippen LogP contribution in [0, 0.1) is 0 Å². The van der Waals surface area contributed by atoms with Gasteiger partial charge in [-0.1, -0.05) is 60.7 Å². The molecule has 0 radical (unpaired) electrons. The molecule has 0 unspecified atom stereocenters. The molecule has 60 heavy (non-hydrogen) atoms. The first kappa shape index (κ1) is 44.8. The number of hydrogen-bond donors (Lipinski definition) is 7. The van der Waals surface area contributed by atoms with Gasteiger partial charge in [0.05, 0.1) is 11.7 Å². The number of nitrogens with zero attached hydrogens (tertiary/aromatic N) is 1. The molecule has 11 atom stereocenters. The number of nitrogens with one attached hydrogen (secondary N) is 2. The summed E-state index contributed by atoms with van der Waals surface area (Å²) < 4.78 is 29.0. The highest BCUT2D eigenvalue weighted by molar-refractivity contribution is 5.91. The number of carbonyl (C=O) groups is 3. The second-order valence-electron chi connectivity index (χ2n) is 15.1. The highest BCUT2D eigenvalue weighted by atomic mass is 16.8. The molecule has 3 aromatic rings. The Kier molecular flexibility index (Phi) is 16.2. The highest BCUT2D eigenvalue weighted by Gasteiger charge is 2.51. The van der Waals surface area contributed by atoms with Gasteiger partial charge in [0.2, 0.25) is 18.1 Å². The van der Waals surface area contributed by atoms with E-state index in [9.17, 15) is 39.9 Å². The summed E-state index contributed by atoms with van der Waals surface area (Å²) in [5.74, 6) is -0.630. The van der Waals surface area contributed by atoms with Gasteiger partial charge < -0.3 is 64.8 Å². The zero-order chi connectivity index (χ0) is 42.6. The Labute approximate surface area is 348 Å². The molecule has 2 amide bonds. The van der Waals surface area contributed by atoms with Crippen molar-refractivity contribution in [2.75, 3.05) is 32.8 Å². The van der Waals surface area contributed by atoms with Crippen molar-refractivity contribution in [3.8, 4) is 5.75 Å². The predicted molar refractivity (Wildman–Crippen MR) is 216 cm³/mol. The van der Waals surface area contributed by atoms with E-state index in [4.69, 9.17) is 23.7 Å². The molecule has 3 aliphatic heterocycles. The Morgan fingerprint density at radius 3 is 2.22 bits per heavy atom. The maximum absolute atomic E-state index is 13.0. The van der Waals surface area contributed by atoms with Crippen molar-refractivity contribution in [1.29, 1.82) is 0 Å². The Morgan fingerprint density at radius 1 is 0.783 bits per heavy atom. The van der Waals surface area contributed by atoms with E-state index in [0.29, 0.717) is 38.3 Å². The number of esters is 1. The largest absolute Gasteiger partial charge is 0.462 e. The molecular formula is C44H55N3O13. The van der Waals surface area contributed by atoms with Crippen LogP contribution >= 0.6 is 0 Å². The topological polar surface area (TPSA) is 226 Å². The van der Waals surface area contributed by atoms with Crippen LogP contribution in [0.5, 0.6) is 5.75 Å². The monoisotopic (exact) mass is 833 g/mol. The third kappa shape index (κ3) is 12.0. The zero-order valence-electron chi connectivity index (χ0n) is 33.4. The second kappa shape index (κ2) is 21.7. The van der Waals surface area contributed by atoms with Gasteiger partial charge in [-0.05, 0) is 74.2 Å². The van der Waals surface area contributed by atoms with Crippen LogP contribution in [0.4, 0.5) is 0 Å². The van der Waals surface area contributed by atoms with Gasteiger partial charge in [0, 0.05) is 38.2 Å². The summed E-state index contributed by atoms with van der Waals surface area (Å²) in [6.07, 6.45) is -9.33. The molecule has 16 heteroatoms. The van der Waals surface area contributed by atoms with E-state index >= 15 is 0 Å². The van der Waals surface area contributed by atoms with Gasteiger partial charge in [-0.2, -0.15) is 0 Å². The summed E-state index contributed by atoms with van der Waals surface area (Å²) in [5.41, 5.74) is 2.00. The molecule has 0 aliphatic carbocycles. The molecule has 0 bridgehead atoms. The molecule has 7 N–H and O–H groups in total. The number of rotatable bonds is 10. The first-order valence-corrected chi connectivity index (χ1v) is 20.4. The molecule has 0 aromatic heterocycles. The fraction of sp³-hybridized carbons (Fsp3) is 0.477. The molecule has 6 rings (SSSR count). The van der Waals surface area contributed by atoms with Crippen LogP contribution in [0.1, 0.15) is 60.1 Å². The lowest BCUT2D eigenvalue weighted by Crippen LogP contribution is -2.64. The maximum Gasteiger partial charge on any atom is 0.338 e. The maximum atomic E-state index is 13.0. The van der Waals surface area contributed by atoms with Crippen molar-refractivity contribution in [2.45, 2.75) is 100 Å². The molecule has 3 fully saturated rings. The van der Waals surface area contributed by atoms with Crippen LogP contribution in [0.25, 0.3) is 6.08 Å². The summed E-state index contributed by atoms with van der Waals surface area (Å²) in [6, 6.07) is 24.3. The van der Waals surface area contributed by atoms with Crippen molar-refractivity contribution in [3.05, 3.63) is 108 Å². The zero-order valence-corrected chi connectivity index (χ0v) is 33.4. The molecule has 324 valence electrons.